The van der Waals surface area contributed by atoms with Gasteiger partial charge in [0.25, 0.3) is 0 Å². The summed E-state index contributed by atoms with van der Waals surface area (Å²) in [4.78, 5) is 8.39. The summed E-state index contributed by atoms with van der Waals surface area (Å²) in [5, 5.41) is 15.3. The molecule has 114 valence electrons. The van der Waals surface area contributed by atoms with E-state index in [2.05, 4.69) is 54.8 Å². The van der Waals surface area contributed by atoms with Crippen molar-refractivity contribution in [1.82, 2.24) is 29.9 Å². The lowest BCUT2D eigenvalue weighted by Crippen LogP contribution is -2.07. The van der Waals surface area contributed by atoms with Gasteiger partial charge in [-0.2, -0.15) is 10.2 Å². The number of hydrogen-bond donors (Lipinski definition) is 2. The monoisotopic (exact) mass is 305 g/mol. The fourth-order valence-electron chi connectivity index (χ4n) is 2.47. The van der Waals surface area contributed by atoms with Gasteiger partial charge in [0.15, 0.2) is 5.65 Å². The molecule has 0 aliphatic carbocycles. The number of aromatic amines is 1. The molecule has 23 heavy (non-hydrogen) atoms. The number of benzene rings is 1. The van der Waals surface area contributed by atoms with Crippen LogP contribution in [0.5, 0.6) is 0 Å². The van der Waals surface area contributed by atoms with E-state index in [4.69, 9.17) is 0 Å². The summed E-state index contributed by atoms with van der Waals surface area (Å²) in [6, 6.07) is 10.3. The number of hydrogen-bond acceptors (Lipinski definition) is 5. The number of nitrogens with zero attached hydrogens (tertiary/aromatic N) is 5. The maximum Gasteiger partial charge on any atom is 0.160 e. The molecule has 0 amide bonds. The Kier molecular flexibility index (Phi) is 3.44. The van der Waals surface area contributed by atoms with Gasteiger partial charge in [0, 0.05) is 18.9 Å². The molecule has 0 bridgehead atoms. The van der Waals surface area contributed by atoms with E-state index in [1.54, 1.807) is 12.4 Å². The van der Waals surface area contributed by atoms with E-state index in [-0.39, 0.29) is 0 Å². The quantitative estimate of drug-likeness (QED) is 0.590. The van der Waals surface area contributed by atoms with Crippen molar-refractivity contribution in [3.63, 3.8) is 0 Å². The first-order valence-electron chi connectivity index (χ1n) is 7.37. The lowest BCUT2D eigenvalue weighted by molar-refractivity contribution is 0.878. The van der Waals surface area contributed by atoms with Gasteiger partial charge in [0.05, 0.1) is 17.3 Å². The molecular weight excluding hydrogens is 290 g/mol. The summed E-state index contributed by atoms with van der Waals surface area (Å²) in [7, 11) is 0. The summed E-state index contributed by atoms with van der Waals surface area (Å²) in [5.41, 5.74) is 3.06. The average Bonchev–Trinajstić information content (AvgIpc) is 3.27. The second-order valence-corrected chi connectivity index (χ2v) is 5.15. The molecule has 0 aliphatic rings. The molecule has 0 fully saturated rings. The van der Waals surface area contributed by atoms with Crippen LogP contribution in [0.25, 0.3) is 16.7 Å². The van der Waals surface area contributed by atoms with Gasteiger partial charge in [-0.3, -0.25) is 5.10 Å². The van der Waals surface area contributed by atoms with Gasteiger partial charge < -0.3 is 5.32 Å². The molecule has 3 heterocycles. The summed E-state index contributed by atoms with van der Waals surface area (Å²) >= 11 is 0. The fraction of sp³-hybridized carbons (Fsp3) is 0.125. The van der Waals surface area contributed by atoms with E-state index in [9.17, 15) is 0 Å². The zero-order valence-electron chi connectivity index (χ0n) is 12.3. The van der Waals surface area contributed by atoms with Crippen LogP contribution >= 0.6 is 0 Å². The van der Waals surface area contributed by atoms with Gasteiger partial charge in [-0.25, -0.2) is 14.6 Å². The zero-order chi connectivity index (χ0) is 15.5. The molecular formula is C16H15N7. The molecule has 7 nitrogen and oxygen atoms in total. The van der Waals surface area contributed by atoms with Crippen LogP contribution in [0.15, 0.2) is 55.2 Å². The normalized spacial score (nSPS) is 11.0. The van der Waals surface area contributed by atoms with Crippen molar-refractivity contribution >= 4 is 16.9 Å². The van der Waals surface area contributed by atoms with Crippen LogP contribution in [-0.4, -0.2) is 36.5 Å². The first-order valence-corrected chi connectivity index (χ1v) is 7.37. The molecule has 3 aromatic heterocycles. The third kappa shape index (κ3) is 2.76. The van der Waals surface area contributed by atoms with Crippen LogP contribution in [0, 0.1) is 0 Å². The van der Waals surface area contributed by atoms with Gasteiger partial charge in [-0.1, -0.05) is 12.1 Å². The van der Waals surface area contributed by atoms with E-state index < -0.39 is 0 Å². The van der Waals surface area contributed by atoms with Crippen LogP contribution < -0.4 is 5.32 Å². The number of fused-ring (bicyclic) bond motifs is 1. The lowest BCUT2D eigenvalue weighted by Gasteiger charge is -2.07. The average molecular weight is 305 g/mol. The highest BCUT2D eigenvalue weighted by molar-refractivity contribution is 5.85. The molecule has 0 atom stereocenters. The molecule has 0 saturated carbocycles. The molecule has 0 saturated heterocycles. The van der Waals surface area contributed by atoms with Crippen molar-refractivity contribution in [3.8, 4) is 5.69 Å². The van der Waals surface area contributed by atoms with Crippen molar-refractivity contribution in [2.24, 2.45) is 0 Å². The third-order valence-electron chi connectivity index (χ3n) is 3.66. The Bertz CT molecular complexity index is 894. The number of rotatable bonds is 5. The minimum atomic E-state index is 0.742. The largest absolute Gasteiger partial charge is 0.369 e. The molecule has 4 aromatic rings. The predicted octanol–water partition coefficient (Wildman–Crippen LogP) is 2.19. The van der Waals surface area contributed by atoms with Crippen molar-refractivity contribution in [1.29, 1.82) is 0 Å². The first kappa shape index (κ1) is 13.4. The Labute approximate surface area is 132 Å². The zero-order valence-corrected chi connectivity index (χ0v) is 12.3. The summed E-state index contributed by atoms with van der Waals surface area (Å²) in [6.07, 6.45) is 7.87. The van der Waals surface area contributed by atoms with Crippen molar-refractivity contribution in [3.05, 3.63) is 60.8 Å². The number of nitrogens with one attached hydrogen (secondary N) is 2. The molecule has 4 rings (SSSR count). The van der Waals surface area contributed by atoms with Gasteiger partial charge in [0.1, 0.15) is 12.1 Å². The topological polar surface area (TPSA) is 84.3 Å². The fourth-order valence-corrected chi connectivity index (χ4v) is 2.47. The highest BCUT2D eigenvalue weighted by atomic mass is 15.3. The second kappa shape index (κ2) is 5.88. The molecule has 0 unspecified atom stereocenters. The molecule has 0 aliphatic heterocycles. The molecule has 1 aromatic carbocycles. The maximum absolute atomic E-state index is 4.26. The maximum atomic E-state index is 4.26. The van der Waals surface area contributed by atoms with E-state index >= 15 is 0 Å². The number of anilines is 1. The molecule has 2 N–H and O–H groups in total. The van der Waals surface area contributed by atoms with Crippen molar-refractivity contribution < 1.29 is 0 Å². The first-order chi connectivity index (χ1) is 11.4. The van der Waals surface area contributed by atoms with E-state index in [1.165, 1.54) is 11.9 Å². The van der Waals surface area contributed by atoms with Crippen LogP contribution in [0.1, 0.15) is 5.56 Å². The Morgan fingerprint density at radius 2 is 2.04 bits per heavy atom. The number of H-pyrrole nitrogens is 1. The smallest absolute Gasteiger partial charge is 0.160 e. The van der Waals surface area contributed by atoms with Crippen LogP contribution in [0.3, 0.4) is 0 Å². The Morgan fingerprint density at radius 1 is 1.13 bits per heavy atom. The van der Waals surface area contributed by atoms with Crippen molar-refractivity contribution in [2.45, 2.75) is 6.42 Å². The minimum absolute atomic E-state index is 0.742. The van der Waals surface area contributed by atoms with Crippen LogP contribution in [0.4, 0.5) is 5.82 Å². The molecule has 7 heteroatoms. The molecule has 0 spiro atoms. The van der Waals surface area contributed by atoms with Gasteiger partial charge in [0.2, 0.25) is 0 Å². The van der Waals surface area contributed by atoms with Crippen LogP contribution in [0.2, 0.25) is 0 Å². The highest BCUT2D eigenvalue weighted by Gasteiger charge is 2.04. The van der Waals surface area contributed by atoms with E-state index in [0.717, 1.165) is 35.5 Å². The van der Waals surface area contributed by atoms with Gasteiger partial charge >= 0.3 is 0 Å². The van der Waals surface area contributed by atoms with Crippen LogP contribution in [-0.2, 0) is 6.42 Å². The Morgan fingerprint density at radius 3 is 2.87 bits per heavy atom. The predicted molar refractivity (Wildman–Crippen MR) is 87.4 cm³/mol. The summed E-state index contributed by atoms with van der Waals surface area (Å²) in [6.45, 7) is 0.790. The second-order valence-electron chi connectivity index (χ2n) is 5.15. The highest BCUT2D eigenvalue weighted by Crippen LogP contribution is 2.16. The van der Waals surface area contributed by atoms with Gasteiger partial charge in [-0.15, -0.1) is 0 Å². The standard InChI is InChI=1S/C16H15N7/c1-7-21-23(9-1)13-4-2-12(3-5-13)6-8-17-15-14-10-20-22-16(14)19-11-18-15/h1-5,7,9-11H,6,8H2,(H2,17,18,19,20,22). The molecule has 0 radical (unpaired) electrons. The number of aromatic nitrogens is 6. The van der Waals surface area contributed by atoms with E-state index in [1.807, 2.05) is 16.9 Å². The lowest BCUT2D eigenvalue weighted by atomic mass is 10.1. The summed E-state index contributed by atoms with van der Waals surface area (Å²) < 4.78 is 1.85. The SMILES string of the molecule is c1cnn(-c2ccc(CCNc3ncnc4[nH]ncc34)cc2)c1. The third-order valence-corrected chi connectivity index (χ3v) is 3.66. The Hall–Kier alpha value is -3.22. The van der Waals surface area contributed by atoms with Gasteiger partial charge in [-0.05, 0) is 30.2 Å². The van der Waals surface area contributed by atoms with E-state index in [0.29, 0.717) is 0 Å². The Balaban J connectivity index is 1.40. The van der Waals surface area contributed by atoms with Crippen molar-refractivity contribution in [2.75, 3.05) is 11.9 Å². The minimum Gasteiger partial charge on any atom is -0.369 e. The summed E-state index contributed by atoms with van der Waals surface area (Å²) in [5.74, 6) is 0.803.